The second-order valence-corrected chi connectivity index (χ2v) is 6.61. The van der Waals surface area contributed by atoms with Crippen molar-refractivity contribution >= 4 is 17.7 Å². The van der Waals surface area contributed by atoms with Crippen molar-refractivity contribution < 1.29 is 24.0 Å². The van der Waals surface area contributed by atoms with Gasteiger partial charge in [0.1, 0.15) is 0 Å². The maximum atomic E-state index is 13.2. The first kappa shape index (κ1) is 18.8. The molecule has 8 heteroatoms. The van der Waals surface area contributed by atoms with Crippen molar-refractivity contribution in [2.75, 3.05) is 26.3 Å². The number of hydrogen-bond acceptors (Lipinski definition) is 6. The van der Waals surface area contributed by atoms with Crippen LogP contribution in [0.3, 0.4) is 0 Å². The number of benzene rings is 2. The molecule has 2 aliphatic rings. The summed E-state index contributed by atoms with van der Waals surface area (Å²) in [5.41, 5.74) is 1.17. The molecule has 4 rings (SSSR count). The average Bonchev–Trinajstić information content (AvgIpc) is 3.02. The van der Waals surface area contributed by atoms with Gasteiger partial charge in [-0.3, -0.25) is 14.4 Å². The summed E-state index contributed by atoms with van der Waals surface area (Å²) in [4.78, 5) is 45.8. The minimum atomic E-state index is -1.25. The van der Waals surface area contributed by atoms with Gasteiger partial charge >= 0.3 is 0 Å². The summed E-state index contributed by atoms with van der Waals surface area (Å²) < 4.78 is 5.29. The first-order valence-electron chi connectivity index (χ1n) is 9.11. The zero-order valence-electron chi connectivity index (χ0n) is 15.4. The van der Waals surface area contributed by atoms with Gasteiger partial charge < -0.3 is 9.64 Å². The highest BCUT2D eigenvalue weighted by atomic mass is 16.7. The van der Waals surface area contributed by atoms with Gasteiger partial charge in [0.25, 0.3) is 17.7 Å². The molecule has 2 aliphatic heterocycles. The van der Waals surface area contributed by atoms with Crippen molar-refractivity contribution in [3.05, 3.63) is 70.8 Å². The lowest BCUT2D eigenvalue weighted by molar-refractivity contribution is -0.173. The molecule has 2 aromatic rings. The topological polar surface area (TPSA) is 99.9 Å². The molecule has 2 heterocycles. The Bertz CT molecular complexity index is 988. The van der Waals surface area contributed by atoms with Gasteiger partial charge in [-0.15, -0.1) is 5.06 Å². The van der Waals surface area contributed by atoms with Crippen LogP contribution in [0.15, 0.2) is 48.5 Å². The number of rotatable bonds is 4. The standard InChI is InChI=1S/C21H17N3O5/c22-13-14-4-3-5-15(12-14)18(21(27)23-8-10-28-11-9-23)29-24-19(25)16-6-1-2-7-17(16)20(24)26/h1-7,12,18H,8-11H2. The predicted molar refractivity (Wildman–Crippen MR) is 99.3 cm³/mol. The maximum absolute atomic E-state index is 13.2. The normalized spacial score (nSPS) is 17.1. The van der Waals surface area contributed by atoms with E-state index in [9.17, 15) is 19.6 Å². The predicted octanol–water partition coefficient (Wildman–Crippen LogP) is 1.69. The molecular formula is C21H17N3O5. The van der Waals surface area contributed by atoms with E-state index in [0.717, 1.165) is 0 Å². The highest BCUT2D eigenvalue weighted by molar-refractivity contribution is 6.20. The van der Waals surface area contributed by atoms with Gasteiger partial charge in [0.05, 0.1) is 36.0 Å². The van der Waals surface area contributed by atoms with Crippen LogP contribution in [0.4, 0.5) is 0 Å². The highest BCUT2D eigenvalue weighted by Crippen LogP contribution is 2.29. The van der Waals surface area contributed by atoms with E-state index >= 15 is 0 Å². The smallest absolute Gasteiger partial charge is 0.285 e. The minimum absolute atomic E-state index is 0.223. The summed E-state index contributed by atoms with van der Waals surface area (Å²) in [5.74, 6) is -1.65. The van der Waals surface area contributed by atoms with E-state index < -0.39 is 23.8 Å². The van der Waals surface area contributed by atoms with Crippen LogP contribution in [-0.4, -0.2) is 54.0 Å². The molecule has 1 unspecified atom stereocenters. The van der Waals surface area contributed by atoms with E-state index in [2.05, 4.69) is 0 Å². The second-order valence-electron chi connectivity index (χ2n) is 6.61. The van der Waals surface area contributed by atoms with E-state index in [4.69, 9.17) is 9.57 Å². The summed E-state index contributed by atoms with van der Waals surface area (Å²) in [5, 5.41) is 9.83. The Kier molecular flexibility index (Phi) is 5.08. The van der Waals surface area contributed by atoms with Crippen LogP contribution in [0.5, 0.6) is 0 Å². The molecule has 29 heavy (non-hydrogen) atoms. The third-order valence-corrected chi connectivity index (χ3v) is 4.83. The Morgan fingerprint density at radius 1 is 1.03 bits per heavy atom. The van der Waals surface area contributed by atoms with E-state index in [1.54, 1.807) is 35.2 Å². The third kappa shape index (κ3) is 3.49. The molecule has 0 aromatic heterocycles. The van der Waals surface area contributed by atoms with Crippen LogP contribution in [0.1, 0.15) is 37.9 Å². The average molecular weight is 391 g/mol. The van der Waals surface area contributed by atoms with Crippen LogP contribution >= 0.6 is 0 Å². The van der Waals surface area contributed by atoms with E-state index in [-0.39, 0.29) is 11.1 Å². The molecular weight excluding hydrogens is 374 g/mol. The number of imide groups is 1. The SMILES string of the molecule is N#Cc1cccc(C(ON2C(=O)c3ccccc3C2=O)C(=O)N2CCOCC2)c1. The van der Waals surface area contributed by atoms with E-state index in [0.29, 0.717) is 42.5 Å². The zero-order valence-corrected chi connectivity index (χ0v) is 15.4. The number of morpholine rings is 1. The molecule has 1 saturated heterocycles. The fraction of sp³-hybridized carbons (Fsp3) is 0.238. The fourth-order valence-corrected chi connectivity index (χ4v) is 3.34. The Morgan fingerprint density at radius 3 is 2.31 bits per heavy atom. The van der Waals surface area contributed by atoms with Crippen LogP contribution in [0.2, 0.25) is 0 Å². The molecule has 0 aliphatic carbocycles. The quantitative estimate of drug-likeness (QED) is 0.736. The van der Waals surface area contributed by atoms with Crippen molar-refractivity contribution in [2.24, 2.45) is 0 Å². The number of hydrogen-bond donors (Lipinski definition) is 0. The third-order valence-electron chi connectivity index (χ3n) is 4.83. The van der Waals surface area contributed by atoms with Gasteiger partial charge in [-0.05, 0) is 29.8 Å². The molecule has 0 spiro atoms. The largest absolute Gasteiger partial charge is 0.378 e. The van der Waals surface area contributed by atoms with Crippen molar-refractivity contribution in [3.8, 4) is 6.07 Å². The Balaban J connectivity index is 1.67. The first-order chi connectivity index (χ1) is 14.1. The molecule has 2 aromatic carbocycles. The highest BCUT2D eigenvalue weighted by Gasteiger charge is 2.41. The lowest BCUT2D eigenvalue weighted by atomic mass is 10.1. The van der Waals surface area contributed by atoms with Crippen LogP contribution in [0.25, 0.3) is 0 Å². The summed E-state index contributed by atoms with van der Waals surface area (Å²) in [6.45, 7) is 1.53. The number of hydroxylamine groups is 2. The molecule has 1 fully saturated rings. The lowest BCUT2D eigenvalue weighted by Gasteiger charge is -2.31. The molecule has 1 atom stereocenters. The van der Waals surface area contributed by atoms with Gasteiger partial charge in [0.2, 0.25) is 0 Å². The Labute approximate surface area is 166 Å². The van der Waals surface area contributed by atoms with Crippen LogP contribution in [0, 0.1) is 11.3 Å². The molecule has 146 valence electrons. The minimum Gasteiger partial charge on any atom is -0.378 e. The summed E-state index contributed by atoms with van der Waals surface area (Å²) in [6.07, 6.45) is -1.25. The van der Waals surface area contributed by atoms with Gasteiger partial charge in [-0.2, -0.15) is 5.26 Å². The van der Waals surface area contributed by atoms with Crippen molar-refractivity contribution in [1.29, 1.82) is 5.26 Å². The van der Waals surface area contributed by atoms with Gasteiger partial charge in [-0.1, -0.05) is 24.3 Å². The Morgan fingerprint density at radius 2 is 1.69 bits per heavy atom. The van der Waals surface area contributed by atoms with E-state index in [1.807, 2.05) is 6.07 Å². The van der Waals surface area contributed by atoms with Crippen molar-refractivity contribution in [2.45, 2.75) is 6.10 Å². The summed E-state index contributed by atoms with van der Waals surface area (Å²) in [6, 6.07) is 14.8. The first-order valence-corrected chi connectivity index (χ1v) is 9.11. The zero-order chi connectivity index (χ0) is 20.4. The number of carbonyl (C=O) groups excluding carboxylic acids is 3. The van der Waals surface area contributed by atoms with Gasteiger partial charge in [0.15, 0.2) is 6.10 Å². The van der Waals surface area contributed by atoms with Crippen LogP contribution in [-0.2, 0) is 14.4 Å². The molecule has 8 nitrogen and oxygen atoms in total. The van der Waals surface area contributed by atoms with E-state index in [1.165, 1.54) is 18.2 Å². The number of carbonyl (C=O) groups is 3. The summed E-state index contributed by atoms with van der Waals surface area (Å²) in [7, 11) is 0. The number of ether oxygens (including phenoxy) is 1. The lowest BCUT2D eigenvalue weighted by Crippen LogP contribution is -2.45. The molecule has 0 N–H and O–H groups in total. The number of nitriles is 1. The molecule has 3 amide bonds. The molecule has 0 radical (unpaired) electrons. The summed E-state index contributed by atoms with van der Waals surface area (Å²) >= 11 is 0. The molecule has 0 bridgehead atoms. The van der Waals surface area contributed by atoms with Crippen LogP contribution < -0.4 is 0 Å². The van der Waals surface area contributed by atoms with Crippen molar-refractivity contribution in [3.63, 3.8) is 0 Å². The number of nitrogens with zero attached hydrogens (tertiary/aromatic N) is 3. The monoisotopic (exact) mass is 391 g/mol. The number of fused-ring (bicyclic) bond motifs is 1. The second kappa shape index (κ2) is 7.83. The fourth-order valence-electron chi connectivity index (χ4n) is 3.34. The van der Waals surface area contributed by atoms with Crippen molar-refractivity contribution in [1.82, 2.24) is 9.96 Å². The van der Waals surface area contributed by atoms with Gasteiger partial charge in [0, 0.05) is 13.1 Å². The maximum Gasteiger partial charge on any atom is 0.285 e. The molecule has 0 saturated carbocycles. The Hall–Kier alpha value is -3.54. The number of amides is 3. The van der Waals surface area contributed by atoms with Gasteiger partial charge in [-0.25, -0.2) is 4.84 Å².